The fourth-order valence-corrected chi connectivity index (χ4v) is 1.09. The van der Waals surface area contributed by atoms with Crippen LogP contribution in [-0.2, 0) is 0 Å². The second kappa shape index (κ2) is 3.77. The Kier molecular flexibility index (Phi) is 2.88. The van der Waals surface area contributed by atoms with Gasteiger partial charge in [-0.1, -0.05) is 0 Å². The van der Waals surface area contributed by atoms with E-state index < -0.39 is 29.0 Å². The van der Waals surface area contributed by atoms with E-state index in [0.29, 0.717) is 0 Å². The van der Waals surface area contributed by atoms with Crippen molar-refractivity contribution in [2.45, 2.75) is 6.92 Å². The Hall–Kier alpha value is -1.39. The van der Waals surface area contributed by atoms with E-state index in [4.69, 9.17) is 0 Å². The second-order valence-electron chi connectivity index (χ2n) is 2.63. The molecule has 0 amide bonds. The van der Waals surface area contributed by atoms with Gasteiger partial charge in [-0.3, -0.25) is 0 Å². The van der Waals surface area contributed by atoms with Crippen molar-refractivity contribution in [2.24, 2.45) is 0 Å². The van der Waals surface area contributed by atoms with Crippen molar-refractivity contribution in [1.82, 2.24) is 0 Å². The minimum absolute atomic E-state index is 0.333. The molecule has 1 aromatic rings. The highest BCUT2D eigenvalue weighted by molar-refractivity contribution is 5.42. The molecule has 2 nitrogen and oxygen atoms in total. The third kappa shape index (κ3) is 1.38. The largest absolute Gasteiger partial charge is 0.491 e. The maximum atomic E-state index is 13.2. The van der Waals surface area contributed by atoms with Crippen LogP contribution in [0.2, 0.25) is 0 Å². The Balaban J connectivity index is 3.56. The predicted molar refractivity (Wildman–Crippen MR) is 44.2 cm³/mol. The summed E-state index contributed by atoms with van der Waals surface area (Å²) >= 11 is 0. The number of hydrogen-bond acceptors (Lipinski definition) is 2. The predicted octanol–water partition coefficient (Wildman–Crippen LogP) is 2.43. The molecule has 0 aliphatic carbocycles. The highest BCUT2D eigenvalue weighted by Crippen LogP contribution is 2.34. The van der Waals surface area contributed by atoms with Crippen molar-refractivity contribution in [3.05, 3.63) is 23.0 Å². The van der Waals surface area contributed by atoms with Crippen LogP contribution in [0, 0.1) is 24.4 Å². The molecule has 1 rings (SSSR count). The molecule has 1 aromatic carbocycles. The molecule has 0 atom stereocenters. The maximum absolute atomic E-state index is 13.2. The summed E-state index contributed by atoms with van der Waals surface area (Å²) in [5.41, 5.74) is -0.333. The standard InChI is InChI=1S/C9H9F3O2/c1-4-5(10)8(13-2)7(12)9(14-3)6(4)11/h1-3H3. The Morgan fingerprint density at radius 3 is 1.43 bits per heavy atom. The van der Waals surface area contributed by atoms with E-state index in [0.717, 1.165) is 14.2 Å². The van der Waals surface area contributed by atoms with Crippen LogP contribution in [0.1, 0.15) is 5.56 Å². The molecule has 0 radical (unpaired) electrons. The molecule has 0 spiro atoms. The molecule has 0 saturated carbocycles. The molecule has 0 saturated heterocycles. The number of ether oxygens (including phenoxy) is 2. The normalized spacial score (nSPS) is 10.1. The van der Waals surface area contributed by atoms with Crippen LogP contribution in [-0.4, -0.2) is 14.2 Å². The van der Waals surface area contributed by atoms with Crippen molar-refractivity contribution in [3.8, 4) is 11.5 Å². The first-order chi connectivity index (χ1) is 6.54. The molecule has 5 heteroatoms. The number of rotatable bonds is 2. The fourth-order valence-electron chi connectivity index (χ4n) is 1.09. The summed E-state index contributed by atoms with van der Waals surface area (Å²) < 4.78 is 48.5. The Labute approximate surface area is 79.2 Å². The molecule has 0 aliphatic rings. The third-order valence-corrected chi connectivity index (χ3v) is 1.86. The molecule has 78 valence electrons. The first kappa shape index (κ1) is 10.7. The van der Waals surface area contributed by atoms with Gasteiger partial charge in [0.1, 0.15) is 0 Å². The van der Waals surface area contributed by atoms with E-state index in [1.807, 2.05) is 0 Å². The van der Waals surface area contributed by atoms with Crippen LogP contribution in [0.25, 0.3) is 0 Å². The van der Waals surface area contributed by atoms with E-state index in [2.05, 4.69) is 9.47 Å². The summed E-state index contributed by atoms with van der Waals surface area (Å²) in [6.07, 6.45) is 0. The minimum atomic E-state index is -1.17. The number of hydrogen-bond donors (Lipinski definition) is 0. The summed E-state index contributed by atoms with van der Waals surface area (Å²) in [6.45, 7) is 1.18. The quantitative estimate of drug-likeness (QED) is 0.739. The van der Waals surface area contributed by atoms with Gasteiger partial charge >= 0.3 is 0 Å². The number of halogens is 3. The number of methoxy groups -OCH3 is 2. The van der Waals surface area contributed by atoms with Crippen molar-refractivity contribution >= 4 is 0 Å². The van der Waals surface area contributed by atoms with Crippen LogP contribution >= 0.6 is 0 Å². The molecule has 0 fully saturated rings. The molecule has 0 N–H and O–H groups in total. The van der Waals surface area contributed by atoms with Gasteiger partial charge in [0.05, 0.1) is 14.2 Å². The summed E-state index contributed by atoms with van der Waals surface area (Å²) in [7, 11) is 2.19. The van der Waals surface area contributed by atoms with E-state index >= 15 is 0 Å². The smallest absolute Gasteiger partial charge is 0.212 e. The van der Waals surface area contributed by atoms with Crippen LogP contribution in [0.4, 0.5) is 13.2 Å². The highest BCUT2D eigenvalue weighted by Gasteiger charge is 2.23. The molecular formula is C9H9F3O2. The lowest BCUT2D eigenvalue weighted by Gasteiger charge is -2.11. The van der Waals surface area contributed by atoms with Crippen molar-refractivity contribution in [1.29, 1.82) is 0 Å². The van der Waals surface area contributed by atoms with Gasteiger partial charge in [-0.05, 0) is 6.92 Å². The zero-order valence-corrected chi connectivity index (χ0v) is 7.95. The van der Waals surface area contributed by atoms with E-state index in [1.165, 1.54) is 6.92 Å². The minimum Gasteiger partial charge on any atom is -0.491 e. The van der Waals surface area contributed by atoms with Crippen LogP contribution in [0.5, 0.6) is 11.5 Å². The summed E-state index contributed by atoms with van der Waals surface area (Å²) in [5, 5.41) is 0. The zero-order chi connectivity index (χ0) is 10.9. The van der Waals surface area contributed by atoms with Gasteiger partial charge in [0.25, 0.3) is 0 Å². The van der Waals surface area contributed by atoms with E-state index in [-0.39, 0.29) is 5.56 Å². The van der Waals surface area contributed by atoms with Gasteiger partial charge in [-0.25, -0.2) is 8.78 Å². The highest BCUT2D eigenvalue weighted by atomic mass is 19.1. The zero-order valence-electron chi connectivity index (χ0n) is 7.95. The molecule has 14 heavy (non-hydrogen) atoms. The lowest BCUT2D eigenvalue weighted by molar-refractivity contribution is 0.315. The van der Waals surface area contributed by atoms with Crippen LogP contribution in [0.3, 0.4) is 0 Å². The number of benzene rings is 1. The van der Waals surface area contributed by atoms with Crippen LogP contribution < -0.4 is 9.47 Å². The Bertz CT molecular complexity index is 333. The van der Waals surface area contributed by atoms with Crippen molar-refractivity contribution in [2.75, 3.05) is 14.2 Å². The molecule has 0 unspecified atom stereocenters. The first-order valence-electron chi connectivity index (χ1n) is 3.79. The van der Waals surface area contributed by atoms with E-state index in [9.17, 15) is 13.2 Å². The first-order valence-corrected chi connectivity index (χ1v) is 3.79. The Morgan fingerprint density at radius 1 is 0.786 bits per heavy atom. The molecule has 0 heterocycles. The van der Waals surface area contributed by atoms with Gasteiger partial charge in [0, 0.05) is 5.56 Å². The SMILES string of the molecule is COc1c(F)c(C)c(F)c(OC)c1F. The van der Waals surface area contributed by atoms with Gasteiger partial charge in [0.15, 0.2) is 23.1 Å². The summed E-state index contributed by atoms with van der Waals surface area (Å²) in [4.78, 5) is 0. The van der Waals surface area contributed by atoms with Gasteiger partial charge in [0.2, 0.25) is 5.82 Å². The lowest BCUT2D eigenvalue weighted by Crippen LogP contribution is -2.03. The van der Waals surface area contributed by atoms with Crippen molar-refractivity contribution < 1.29 is 22.6 Å². The molecule has 0 aliphatic heterocycles. The summed E-state index contributed by atoms with van der Waals surface area (Å²) in [5.74, 6) is -4.55. The lowest BCUT2D eigenvalue weighted by atomic mass is 10.2. The maximum Gasteiger partial charge on any atom is 0.212 e. The van der Waals surface area contributed by atoms with Gasteiger partial charge in [-0.2, -0.15) is 4.39 Å². The average Bonchev–Trinajstić information content (AvgIpc) is 2.16. The Morgan fingerprint density at radius 2 is 1.14 bits per heavy atom. The third-order valence-electron chi connectivity index (χ3n) is 1.86. The topological polar surface area (TPSA) is 18.5 Å². The van der Waals surface area contributed by atoms with Gasteiger partial charge < -0.3 is 9.47 Å². The van der Waals surface area contributed by atoms with Gasteiger partial charge in [-0.15, -0.1) is 0 Å². The molecule has 0 aromatic heterocycles. The molecular weight excluding hydrogens is 197 g/mol. The molecule has 0 bridgehead atoms. The average molecular weight is 206 g/mol. The van der Waals surface area contributed by atoms with Crippen LogP contribution in [0.15, 0.2) is 0 Å². The fraction of sp³-hybridized carbons (Fsp3) is 0.333. The summed E-state index contributed by atoms with van der Waals surface area (Å²) in [6, 6.07) is 0. The van der Waals surface area contributed by atoms with E-state index in [1.54, 1.807) is 0 Å². The monoisotopic (exact) mass is 206 g/mol. The second-order valence-corrected chi connectivity index (χ2v) is 2.63. The van der Waals surface area contributed by atoms with Crippen molar-refractivity contribution in [3.63, 3.8) is 0 Å².